The lowest BCUT2D eigenvalue weighted by Crippen LogP contribution is -2.45. The Kier molecular flexibility index (Phi) is 8.43. The minimum Gasteiger partial charge on any atom is -0.495 e. The molecule has 1 amide bonds. The van der Waals surface area contributed by atoms with Gasteiger partial charge in [-0.05, 0) is 55.0 Å². The Hall–Kier alpha value is -2.09. The number of methoxy groups -OCH3 is 1. The van der Waals surface area contributed by atoms with Gasteiger partial charge in [0.2, 0.25) is 15.9 Å². The van der Waals surface area contributed by atoms with Crippen LogP contribution in [0.1, 0.15) is 63.0 Å². The highest BCUT2D eigenvalue weighted by Crippen LogP contribution is 2.32. The molecule has 1 aliphatic rings. The molecule has 2 aromatic carbocycles. The molecule has 8 heteroatoms. The molecule has 1 N–H and O–H groups in total. The predicted octanol–water partition coefficient (Wildman–Crippen LogP) is 5.74. The first kappa shape index (κ1) is 25.5. The molecule has 0 bridgehead atoms. The van der Waals surface area contributed by atoms with Crippen molar-refractivity contribution in [1.29, 1.82) is 0 Å². The number of nitrogens with zero attached hydrogens (tertiary/aromatic N) is 1. The van der Waals surface area contributed by atoms with Gasteiger partial charge in [0, 0.05) is 11.7 Å². The number of carbonyl (C=O) groups is 1. The third-order valence-corrected chi connectivity index (χ3v) is 8.39. The summed E-state index contributed by atoms with van der Waals surface area (Å²) in [5.74, 6) is 0.276. The number of para-hydroxylation sites is 1. The van der Waals surface area contributed by atoms with E-state index in [9.17, 15) is 13.2 Å². The first-order valence-corrected chi connectivity index (χ1v) is 13.2. The van der Waals surface area contributed by atoms with Crippen molar-refractivity contribution in [3.05, 3.63) is 52.5 Å². The highest BCUT2D eigenvalue weighted by Gasteiger charge is 2.34. The predicted molar refractivity (Wildman–Crippen MR) is 133 cm³/mol. The smallest absolute Gasteiger partial charge is 0.243 e. The average molecular weight is 493 g/mol. The van der Waals surface area contributed by atoms with E-state index >= 15 is 0 Å². The van der Waals surface area contributed by atoms with Crippen LogP contribution in [0, 0.1) is 6.92 Å². The van der Waals surface area contributed by atoms with Gasteiger partial charge in [-0.2, -0.15) is 4.31 Å². The molecule has 33 heavy (non-hydrogen) atoms. The minimum absolute atomic E-state index is 0.0606. The Morgan fingerprint density at radius 1 is 1.18 bits per heavy atom. The molecule has 1 fully saturated rings. The van der Waals surface area contributed by atoms with Crippen LogP contribution in [0.5, 0.6) is 5.75 Å². The Labute approximate surface area is 202 Å². The molecule has 0 aliphatic heterocycles. The van der Waals surface area contributed by atoms with Gasteiger partial charge in [-0.15, -0.1) is 0 Å². The van der Waals surface area contributed by atoms with Gasteiger partial charge in [-0.25, -0.2) is 8.42 Å². The summed E-state index contributed by atoms with van der Waals surface area (Å²) in [6.07, 6.45) is 4.43. The summed E-state index contributed by atoms with van der Waals surface area (Å²) in [6.45, 7) is 5.83. The molecular formula is C25H33ClN2O4S. The Morgan fingerprint density at radius 2 is 1.88 bits per heavy atom. The fourth-order valence-electron chi connectivity index (χ4n) is 4.39. The maximum absolute atomic E-state index is 13.7. The maximum atomic E-state index is 13.7. The van der Waals surface area contributed by atoms with E-state index < -0.39 is 10.0 Å². The molecule has 1 saturated carbocycles. The minimum atomic E-state index is -3.94. The molecule has 180 valence electrons. The number of ether oxygens (including phenoxy) is 1. The maximum Gasteiger partial charge on any atom is 0.243 e. The summed E-state index contributed by atoms with van der Waals surface area (Å²) in [4.78, 5) is 13.2. The number of hydrogen-bond acceptors (Lipinski definition) is 4. The summed E-state index contributed by atoms with van der Waals surface area (Å²) in [5, 5.41) is 3.21. The number of anilines is 1. The quantitative estimate of drug-likeness (QED) is 0.509. The molecule has 2 aromatic rings. The second kappa shape index (κ2) is 10.9. The zero-order valence-corrected chi connectivity index (χ0v) is 21.3. The second-order valence-corrected chi connectivity index (χ2v) is 11.2. The van der Waals surface area contributed by atoms with Crippen LogP contribution < -0.4 is 10.1 Å². The molecule has 0 aromatic heterocycles. The van der Waals surface area contributed by atoms with Crippen LogP contribution in [0.4, 0.5) is 5.69 Å². The number of amides is 1. The number of nitrogens with one attached hydrogen (secondary N) is 1. The molecule has 0 heterocycles. The van der Waals surface area contributed by atoms with Gasteiger partial charge in [0.1, 0.15) is 5.75 Å². The van der Waals surface area contributed by atoms with Crippen molar-refractivity contribution in [2.75, 3.05) is 19.0 Å². The van der Waals surface area contributed by atoms with Crippen molar-refractivity contribution in [2.45, 2.75) is 69.7 Å². The third kappa shape index (κ3) is 5.89. The summed E-state index contributed by atoms with van der Waals surface area (Å²) in [6, 6.07) is 10.1. The van der Waals surface area contributed by atoms with Gasteiger partial charge in [0.25, 0.3) is 0 Å². The largest absolute Gasteiger partial charge is 0.495 e. The van der Waals surface area contributed by atoms with E-state index in [-0.39, 0.29) is 34.3 Å². The van der Waals surface area contributed by atoms with Gasteiger partial charge < -0.3 is 10.1 Å². The number of halogens is 1. The van der Waals surface area contributed by atoms with Crippen LogP contribution in [0.25, 0.3) is 0 Å². The SMILES string of the molecule is COc1ccc(S(=O)(=O)N(CC(=O)Nc2c(C)cccc2C(C)C)C2CCCCC2)cc1Cl. The molecule has 0 saturated heterocycles. The zero-order chi connectivity index (χ0) is 24.2. The second-order valence-electron chi connectivity index (χ2n) is 8.88. The van der Waals surface area contributed by atoms with Crippen LogP contribution in [0.3, 0.4) is 0 Å². The number of benzene rings is 2. The van der Waals surface area contributed by atoms with Gasteiger partial charge in [-0.3, -0.25) is 4.79 Å². The summed E-state index contributed by atoms with van der Waals surface area (Å²) in [5.41, 5.74) is 2.73. The van der Waals surface area contributed by atoms with E-state index in [1.54, 1.807) is 0 Å². The van der Waals surface area contributed by atoms with E-state index in [2.05, 4.69) is 19.2 Å². The van der Waals surface area contributed by atoms with Gasteiger partial charge in [0.15, 0.2) is 0 Å². The number of rotatable bonds is 8. The number of aryl methyl sites for hydroxylation is 1. The molecule has 0 atom stereocenters. The van der Waals surface area contributed by atoms with Crippen LogP contribution in [0.2, 0.25) is 5.02 Å². The number of carbonyl (C=O) groups excluding carboxylic acids is 1. The normalized spacial score (nSPS) is 15.1. The highest BCUT2D eigenvalue weighted by atomic mass is 35.5. The lowest BCUT2D eigenvalue weighted by atomic mass is 9.95. The molecule has 3 rings (SSSR count). The summed E-state index contributed by atoms with van der Waals surface area (Å²) in [7, 11) is -2.46. The van der Waals surface area contributed by atoms with Gasteiger partial charge in [-0.1, -0.05) is 62.9 Å². The highest BCUT2D eigenvalue weighted by molar-refractivity contribution is 7.89. The van der Waals surface area contributed by atoms with Crippen molar-refractivity contribution in [2.24, 2.45) is 0 Å². The monoisotopic (exact) mass is 492 g/mol. The van der Waals surface area contributed by atoms with Crippen LogP contribution >= 0.6 is 11.6 Å². The van der Waals surface area contributed by atoms with E-state index in [0.29, 0.717) is 5.75 Å². The number of hydrogen-bond donors (Lipinski definition) is 1. The van der Waals surface area contributed by atoms with Crippen molar-refractivity contribution >= 4 is 33.2 Å². The molecule has 0 spiro atoms. The van der Waals surface area contributed by atoms with Gasteiger partial charge >= 0.3 is 0 Å². The van der Waals surface area contributed by atoms with E-state index in [4.69, 9.17) is 16.3 Å². The van der Waals surface area contributed by atoms with Crippen LogP contribution in [-0.4, -0.2) is 38.3 Å². The van der Waals surface area contributed by atoms with Gasteiger partial charge in [0.05, 0.1) is 23.6 Å². The summed E-state index contributed by atoms with van der Waals surface area (Å²) < 4.78 is 33.8. The Bertz CT molecular complexity index is 1100. The fourth-order valence-corrected chi connectivity index (χ4v) is 6.38. The third-order valence-electron chi connectivity index (χ3n) is 6.20. The van der Waals surface area contributed by atoms with E-state index in [1.807, 2.05) is 25.1 Å². The summed E-state index contributed by atoms with van der Waals surface area (Å²) >= 11 is 6.22. The fraction of sp³-hybridized carbons (Fsp3) is 0.480. The lowest BCUT2D eigenvalue weighted by Gasteiger charge is -2.33. The topological polar surface area (TPSA) is 75.7 Å². The Balaban J connectivity index is 1.92. The average Bonchev–Trinajstić information content (AvgIpc) is 2.79. The van der Waals surface area contributed by atoms with E-state index in [1.165, 1.54) is 29.6 Å². The molecule has 0 unspecified atom stereocenters. The zero-order valence-electron chi connectivity index (χ0n) is 19.7. The first-order valence-electron chi connectivity index (χ1n) is 11.4. The number of sulfonamides is 1. The molecule has 6 nitrogen and oxygen atoms in total. The lowest BCUT2D eigenvalue weighted by molar-refractivity contribution is -0.116. The van der Waals surface area contributed by atoms with Crippen molar-refractivity contribution in [3.63, 3.8) is 0 Å². The van der Waals surface area contributed by atoms with Crippen molar-refractivity contribution < 1.29 is 17.9 Å². The van der Waals surface area contributed by atoms with Crippen LogP contribution in [0.15, 0.2) is 41.3 Å². The standard InChI is InChI=1S/C25H33ClN2O4S/c1-17(2)21-12-8-9-18(3)25(21)27-24(29)16-28(19-10-6-5-7-11-19)33(30,31)20-13-14-23(32-4)22(26)15-20/h8-9,12-15,17,19H,5-7,10-11,16H2,1-4H3,(H,27,29). The molecular weight excluding hydrogens is 460 g/mol. The Morgan fingerprint density at radius 3 is 2.48 bits per heavy atom. The molecule has 0 radical (unpaired) electrons. The first-order chi connectivity index (χ1) is 15.6. The van der Waals surface area contributed by atoms with E-state index in [0.717, 1.165) is 48.9 Å². The van der Waals surface area contributed by atoms with Crippen LogP contribution in [-0.2, 0) is 14.8 Å². The van der Waals surface area contributed by atoms with Crippen molar-refractivity contribution in [3.8, 4) is 5.75 Å². The van der Waals surface area contributed by atoms with Crippen molar-refractivity contribution in [1.82, 2.24) is 4.31 Å². The molecule has 1 aliphatic carbocycles.